The van der Waals surface area contributed by atoms with Gasteiger partial charge in [0.05, 0.1) is 5.69 Å². The Labute approximate surface area is 130 Å². The van der Waals surface area contributed by atoms with Gasteiger partial charge in [0.2, 0.25) is 5.82 Å². The molecule has 0 aliphatic carbocycles. The first kappa shape index (κ1) is 15.4. The van der Waals surface area contributed by atoms with Gasteiger partial charge in [-0.25, -0.2) is 9.97 Å². The Balaban J connectivity index is 1.77. The first-order valence-electron chi connectivity index (χ1n) is 7.03. The van der Waals surface area contributed by atoms with Gasteiger partial charge in [0, 0.05) is 35.6 Å². The third-order valence-corrected chi connectivity index (χ3v) is 5.01. The zero-order chi connectivity index (χ0) is 15.9. The molecule has 1 aliphatic rings. The van der Waals surface area contributed by atoms with Crippen LogP contribution in [-0.2, 0) is 25.7 Å². The molecule has 0 saturated heterocycles. The summed E-state index contributed by atoms with van der Waals surface area (Å²) < 4.78 is 38.1. The van der Waals surface area contributed by atoms with Gasteiger partial charge in [-0.3, -0.25) is 4.90 Å². The van der Waals surface area contributed by atoms with Crippen molar-refractivity contribution in [3.05, 3.63) is 44.7 Å². The fourth-order valence-corrected chi connectivity index (χ4v) is 3.67. The minimum absolute atomic E-state index is 0.441. The van der Waals surface area contributed by atoms with Crippen LogP contribution in [0.2, 0.25) is 0 Å². The molecule has 0 N–H and O–H groups in total. The fraction of sp³-hybridized carbons (Fsp3) is 0.467. The van der Waals surface area contributed by atoms with Crippen LogP contribution in [0.5, 0.6) is 0 Å². The van der Waals surface area contributed by atoms with E-state index in [1.165, 1.54) is 21.5 Å². The Kier molecular flexibility index (Phi) is 3.94. The van der Waals surface area contributed by atoms with Gasteiger partial charge in [0.25, 0.3) is 0 Å². The number of halogens is 3. The van der Waals surface area contributed by atoms with Crippen LogP contribution in [0, 0.1) is 13.8 Å². The van der Waals surface area contributed by atoms with E-state index >= 15 is 0 Å². The normalized spacial score (nSPS) is 15.9. The van der Waals surface area contributed by atoms with Crippen LogP contribution < -0.4 is 0 Å². The largest absolute Gasteiger partial charge is 0.451 e. The predicted octanol–water partition coefficient (Wildman–Crippen LogP) is 3.73. The van der Waals surface area contributed by atoms with E-state index in [2.05, 4.69) is 34.8 Å². The lowest BCUT2D eigenvalue weighted by Gasteiger charge is -2.27. The standard InChI is InChI=1S/C15H16F3N3S/c1-9-5-12(22-10(9)2)7-21-4-3-11-6-19-14(15(16,17)18)20-13(11)8-21/h5-6H,3-4,7-8H2,1-2H3. The Bertz CT molecular complexity index is 674. The highest BCUT2D eigenvalue weighted by atomic mass is 32.1. The van der Waals surface area contributed by atoms with E-state index in [4.69, 9.17) is 0 Å². The van der Waals surface area contributed by atoms with Gasteiger partial charge >= 0.3 is 6.18 Å². The minimum atomic E-state index is -4.49. The predicted molar refractivity (Wildman–Crippen MR) is 78.6 cm³/mol. The molecular weight excluding hydrogens is 311 g/mol. The number of nitrogens with zero attached hydrogens (tertiary/aromatic N) is 3. The van der Waals surface area contributed by atoms with Crippen LogP contribution in [0.4, 0.5) is 13.2 Å². The van der Waals surface area contributed by atoms with Crippen molar-refractivity contribution in [2.45, 2.75) is 39.5 Å². The number of fused-ring (bicyclic) bond motifs is 1. The van der Waals surface area contributed by atoms with E-state index in [1.54, 1.807) is 11.3 Å². The smallest absolute Gasteiger partial charge is 0.292 e. The first-order chi connectivity index (χ1) is 10.3. The summed E-state index contributed by atoms with van der Waals surface area (Å²) in [5, 5.41) is 0. The summed E-state index contributed by atoms with van der Waals surface area (Å²) in [5.74, 6) is -1.05. The Morgan fingerprint density at radius 1 is 1.32 bits per heavy atom. The SMILES string of the molecule is Cc1cc(CN2CCc3cnc(C(F)(F)F)nc3C2)sc1C. The van der Waals surface area contributed by atoms with E-state index in [1.807, 2.05) is 0 Å². The molecule has 2 aromatic heterocycles. The van der Waals surface area contributed by atoms with Gasteiger partial charge in [-0.2, -0.15) is 13.2 Å². The van der Waals surface area contributed by atoms with Gasteiger partial charge in [-0.05, 0) is 37.5 Å². The highest BCUT2D eigenvalue weighted by Crippen LogP contribution is 2.29. The van der Waals surface area contributed by atoms with Gasteiger partial charge < -0.3 is 0 Å². The lowest BCUT2D eigenvalue weighted by atomic mass is 10.1. The molecule has 0 aromatic carbocycles. The number of alkyl halides is 3. The molecule has 0 saturated carbocycles. The highest BCUT2D eigenvalue weighted by Gasteiger charge is 2.35. The number of aromatic nitrogens is 2. The first-order valence-corrected chi connectivity index (χ1v) is 7.85. The van der Waals surface area contributed by atoms with Crippen molar-refractivity contribution in [3.63, 3.8) is 0 Å². The van der Waals surface area contributed by atoms with E-state index in [0.29, 0.717) is 18.7 Å². The molecule has 1 aliphatic heterocycles. The maximum Gasteiger partial charge on any atom is 0.451 e. The van der Waals surface area contributed by atoms with E-state index in [-0.39, 0.29) is 0 Å². The zero-order valence-electron chi connectivity index (χ0n) is 12.4. The van der Waals surface area contributed by atoms with Crippen molar-refractivity contribution in [1.29, 1.82) is 0 Å². The highest BCUT2D eigenvalue weighted by molar-refractivity contribution is 7.12. The maximum absolute atomic E-state index is 12.7. The molecule has 7 heteroatoms. The third kappa shape index (κ3) is 3.15. The molecule has 2 aromatic rings. The van der Waals surface area contributed by atoms with Crippen LogP contribution in [-0.4, -0.2) is 21.4 Å². The lowest BCUT2D eigenvalue weighted by molar-refractivity contribution is -0.145. The van der Waals surface area contributed by atoms with Gasteiger partial charge in [-0.15, -0.1) is 11.3 Å². The zero-order valence-corrected chi connectivity index (χ0v) is 13.2. The molecule has 0 radical (unpaired) electrons. The number of aryl methyl sites for hydroxylation is 2. The van der Waals surface area contributed by atoms with Crippen molar-refractivity contribution >= 4 is 11.3 Å². The molecular formula is C15H16F3N3S. The van der Waals surface area contributed by atoms with Crippen LogP contribution in [0.25, 0.3) is 0 Å². The molecule has 118 valence electrons. The quantitative estimate of drug-likeness (QED) is 0.841. The second kappa shape index (κ2) is 5.62. The van der Waals surface area contributed by atoms with Crippen molar-refractivity contribution in [3.8, 4) is 0 Å². The summed E-state index contributed by atoms with van der Waals surface area (Å²) in [6.07, 6.45) is -2.47. The molecule has 0 bridgehead atoms. The number of hydrogen-bond acceptors (Lipinski definition) is 4. The second-order valence-corrected chi connectivity index (χ2v) is 6.92. The number of thiophene rings is 1. The second-order valence-electron chi connectivity index (χ2n) is 5.58. The summed E-state index contributed by atoms with van der Waals surface area (Å²) >= 11 is 1.74. The Hall–Kier alpha value is -1.47. The molecule has 0 spiro atoms. The van der Waals surface area contributed by atoms with Crippen molar-refractivity contribution in [1.82, 2.24) is 14.9 Å². The van der Waals surface area contributed by atoms with Crippen molar-refractivity contribution < 1.29 is 13.2 Å². The van der Waals surface area contributed by atoms with E-state index in [0.717, 1.165) is 18.7 Å². The van der Waals surface area contributed by atoms with Gasteiger partial charge in [0.1, 0.15) is 0 Å². The van der Waals surface area contributed by atoms with Crippen LogP contribution in [0.3, 0.4) is 0 Å². The molecule has 0 amide bonds. The summed E-state index contributed by atoms with van der Waals surface area (Å²) in [6, 6.07) is 2.15. The molecule has 0 unspecified atom stereocenters. The molecule has 0 fully saturated rings. The summed E-state index contributed by atoms with van der Waals surface area (Å²) in [6.45, 7) is 6.17. The average molecular weight is 327 g/mol. The van der Waals surface area contributed by atoms with Crippen molar-refractivity contribution in [2.75, 3.05) is 6.54 Å². The third-order valence-electron chi connectivity index (χ3n) is 3.87. The summed E-state index contributed by atoms with van der Waals surface area (Å²) in [5.41, 5.74) is 2.58. The fourth-order valence-electron chi connectivity index (χ4n) is 2.58. The molecule has 22 heavy (non-hydrogen) atoms. The molecule has 3 heterocycles. The molecule has 3 nitrogen and oxygen atoms in total. The van der Waals surface area contributed by atoms with Crippen LogP contribution in [0.1, 0.15) is 32.4 Å². The number of hydrogen-bond donors (Lipinski definition) is 0. The maximum atomic E-state index is 12.7. The molecule has 0 atom stereocenters. The Morgan fingerprint density at radius 2 is 2.09 bits per heavy atom. The topological polar surface area (TPSA) is 29.0 Å². The minimum Gasteiger partial charge on any atom is -0.292 e. The lowest BCUT2D eigenvalue weighted by Crippen LogP contribution is -2.31. The monoisotopic (exact) mass is 327 g/mol. The van der Waals surface area contributed by atoms with E-state index in [9.17, 15) is 13.2 Å². The van der Waals surface area contributed by atoms with Crippen LogP contribution >= 0.6 is 11.3 Å². The van der Waals surface area contributed by atoms with Crippen LogP contribution in [0.15, 0.2) is 12.3 Å². The average Bonchev–Trinajstić information content (AvgIpc) is 2.75. The summed E-state index contributed by atoms with van der Waals surface area (Å²) in [4.78, 5) is 11.8. The Morgan fingerprint density at radius 3 is 2.73 bits per heavy atom. The number of rotatable bonds is 2. The van der Waals surface area contributed by atoms with E-state index < -0.39 is 12.0 Å². The van der Waals surface area contributed by atoms with Gasteiger partial charge in [-0.1, -0.05) is 0 Å². The van der Waals surface area contributed by atoms with Crippen molar-refractivity contribution in [2.24, 2.45) is 0 Å². The van der Waals surface area contributed by atoms with Gasteiger partial charge in [0.15, 0.2) is 0 Å². The molecule has 3 rings (SSSR count). The summed E-state index contributed by atoms with van der Waals surface area (Å²) in [7, 11) is 0.